The number of hydrogen-bond acceptors (Lipinski definition) is 4. The summed E-state index contributed by atoms with van der Waals surface area (Å²) in [5.41, 5.74) is 5.06. The lowest BCUT2D eigenvalue weighted by Gasteiger charge is -2.10. The molecule has 0 bridgehead atoms. The van der Waals surface area contributed by atoms with Gasteiger partial charge in [0.05, 0.1) is 5.69 Å². The highest BCUT2D eigenvalue weighted by atomic mass is 16.1. The molecule has 0 fully saturated rings. The summed E-state index contributed by atoms with van der Waals surface area (Å²) in [5, 5.41) is 2.93. The molecule has 106 valence electrons. The van der Waals surface area contributed by atoms with E-state index in [1.165, 1.54) is 0 Å². The van der Waals surface area contributed by atoms with Crippen LogP contribution in [-0.4, -0.2) is 38.0 Å². The lowest BCUT2D eigenvalue weighted by molar-refractivity contribution is 0.0952. The van der Waals surface area contributed by atoms with Crippen LogP contribution in [0.15, 0.2) is 18.2 Å². The van der Waals surface area contributed by atoms with Crippen molar-refractivity contribution in [1.82, 2.24) is 10.2 Å². The molecular weight excluding hydrogens is 240 g/mol. The molecule has 5 nitrogen and oxygen atoms in total. The molecule has 0 aliphatic heterocycles. The maximum absolute atomic E-state index is 11.9. The van der Waals surface area contributed by atoms with Crippen molar-refractivity contribution < 1.29 is 4.79 Å². The number of carbonyl (C=O) groups is 1. The second kappa shape index (κ2) is 7.76. The molecule has 19 heavy (non-hydrogen) atoms. The number of nitrogens with zero attached hydrogens (tertiary/aromatic N) is 1. The third-order valence-corrected chi connectivity index (χ3v) is 2.96. The van der Waals surface area contributed by atoms with Crippen molar-refractivity contribution in [2.75, 3.05) is 32.6 Å². The highest BCUT2D eigenvalue weighted by molar-refractivity contribution is 5.94. The van der Waals surface area contributed by atoms with E-state index in [1.54, 1.807) is 6.07 Å². The third-order valence-electron chi connectivity index (χ3n) is 2.96. The van der Waals surface area contributed by atoms with Crippen LogP contribution < -0.4 is 16.6 Å². The zero-order valence-corrected chi connectivity index (χ0v) is 12.0. The van der Waals surface area contributed by atoms with E-state index in [1.807, 2.05) is 33.2 Å². The van der Waals surface area contributed by atoms with Gasteiger partial charge in [0.15, 0.2) is 0 Å². The Labute approximate surface area is 115 Å². The maximum atomic E-state index is 11.9. The molecule has 0 saturated carbocycles. The summed E-state index contributed by atoms with van der Waals surface area (Å²) in [6.45, 7) is 3.68. The minimum atomic E-state index is -0.0310. The molecular formula is C14H24N4O. The third kappa shape index (κ3) is 5.28. The molecule has 0 heterocycles. The Balaban J connectivity index is 2.39. The Hall–Kier alpha value is -1.59. The smallest absolute Gasteiger partial charge is 0.251 e. The SMILES string of the molecule is Cc1cc(C(=O)NCCCCN(C)C)ccc1NN. The second-order valence-electron chi connectivity index (χ2n) is 4.94. The zero-order chi connectivity index (χ0) is 14.3. The number of carbonyl (C=O) groups excluding carboxylic acids is 1. The van der Waals surface area contributed by atoms with E-state index in [9.17, 15) is 4.79 Å². The Kier molecular flexibility index (Phi) is 6.32. The molecule has 0 aliphatic carbocycles. The molecule has 5 heteroatoms. The van der Waals surface area contributed by atoms with Gasteiger partial charge in [-0.05, 0) is 64.2 Å². The van der Waals surface area contributed by atoms with Crippen molar-refractivity contribution >= 4 is 11.6 Å². The number of anilines is 1. The van der Waals surface area contributed by atoms with Gasteiger partial charge in [0.1, 0.15) is 0 Å². The van der Waals surface area contributed by atoms with Gasteiger partial charge in [-0.1, -0.05) is 0 Å². The number of hydrogen-bond donors (Lipinski definition) is 3. The summed E-state index contributed by atoms with van der Waals surface area (Å²) in [6.07, 6.45) is 2.08. The van der Waals surface area contributed by atoms with Crippen molar-refractivity contribution in [3.8, 4) is 0 Å². The van der Waals surface area contributed by atoms with Crippen LogP contribution in [0.2, 0.25) is 0 Å². The number of nitrogen functional groups attached to an aromatic ring is 1. The number of benzene rings is 1. The first-order valence-electron chi connectivity index (χ1n) is 6.55. The fourth-order valence-corrected chi connectivity index (χ4v) is 1.82. The average molecular weight is 264 g/mol. The maximum Gasteiger partial charge on any atom is 0.251 e. The van der Waals surface area contributed by atoms with Gasteiger partial charge in [-0.25, -0.2) is 0 Å². The molecule has 0 saturated heterocycles. The molecule has 0 aromatic heterocycles. The van der Waals surface area contributed by atoms with E-state index >= 15 is 0 Å². The minimum Gasteiger partial charge on any atom is -0.352 e. The molecule has 0 unspecified atom stereocenters. The van der Waals surface area contributed by atoms with Gasteiger partial charge in [0.25, 0.3) is 5.91 Å². The Bertz CT molecular complexity index is 418. The summed E-state index contributed by atoms with van der Waals surface area (Å²) in [7, 11) is 4.10. The normalized spacial score (nSPS) is 10.6. The first-order chi connectivity index (χ1) is 9.04. The summed E-state index contributed by atoms with van der Waals surface area (Å²) in [6, 6.07) is 5.43. The summed E-state index contributed by atoms with van der Waals surface area (Å²) < 4.78 is 0. The first kappa shape index (κ1) is 15.5. The van der Waals surface area contributed by atoms with Crippen molar-refractivity contribution in [3.05, 3.63) is 29.3 Å². The number of rotatable bonds is 7. The Morgan fingerprint density at radius 1 is 1.32 bits per heavy atom. The monoisotopic (exact) mass is 264 g/mol. The van der Waals surface area contributed by atoms with Crippen molar-refractivity contribution in [1.29, 1.82) is 0 Å². The average Bonchev–Trinajstić information content (AvgIpc) is 2.37. The predicted molar refractivity (Wildman–Crippen MR) is 79.1 cm³/mol. The molecule has 0 radical (unpaired) electrons. The van der Waals surface area contributed by atoms with Crippen LogP contribution in [0.3, 0.4) is 0 Å². The molecule has 0 spiro atoms. The first-order valence-corrected chi connectivity index (χ1v) is 6.55. The van der Waals surface area contributed by atoms with E-state index < -0.39 is 0 Å². The number of amides is 1. The van der Waals surface area contributed by atoms with Crippen LogP contribution in [0.1, 0.15) is 28.8 Å². The van der Waals surface area contributed by atoms with Crippen LogP contribution in [0, 0.1) is 6.92 Å². The van der Waals surface area contributed by atoms with Crippen LogP contribution in [-0.2, 0) is 0 Å². The van der Waals surface area contributed by atoms with Crippen molar-refractivity contribution in [3.63, 3.8) is 0 Å². The van der Waals surface area contributed by atoms with Gasteiger partial charge < -0.3 is 15.6 Å². The number of unbranched alkanes of at least 4 members (excludes halogenated alkanes) is 1. The molecule has 4 N–H and O–H groups in total. The van der Waals surface area contributed by atoms with E-state index in [-0.39, 0.29) is 5.91 Å². The fourth-order valence-electron chi connectivity index (χ4n) is 1.82. The lowest BCUT2D eigenvalue weighted by Crippen LogP contribution is -2.25. The van der Waals surface area contributed by atoms with Crippen LogP contribution in [0.5, 0.6) is 0 Å². The Morgan fingerprint density at radius 2 is 2.05 bits per heavy atom. The largest absolute Gasteiger partial charge is 0.352 e. The van der Waals surface area contributed by atoms with Crippen molar-refractivity contribution in [2.45, 2.75) is 19.8 Å². The number of nitrogens with two attached hydrogens (primary N) is 1. The van der Waals surface area contributed by atoms with Gasteiger partial charge in [-0.3, -0.25) is 10.6 Å². The zero-order valence-electron chi connectivity index (χ0n) is 12.0. The van der Waals surface area contributed by atoms with E-state index in [0.717, 1.165) is 30.6 Å². The fraction of sp³-hybridized carbons (Fsp3) is 0.500. The second-order valence-corrected chi connectivity index (χ2v) is 4.94. The van der Waals surface area contributed by atoms with Gasteiger partial charge in [-0.15, -0.1) is 0 Å². The number of hydrazine groups is 1. The van der Waals surface area contributed by atoms with Crippen LogP contribution in [0.4, 0.5) is 5.69 Å². The summed E-state index contributed by atoms with van der Waals surface area (Å²) in [5.74, 6) is 5.33. The van der Waals surface area contributed by atoms with E-state index in [2.05, 4.69) is 15.6 Å². The summed E-state index contributed by atoms with van der Waals surface area (Å²) in [4.78, 5) is 14.1. The standard InChI is InChI=1S/C14H24N4O/c1-11-10-12(6-7-13(11)17-15)14(19)16-8-4-5-9-18(2)3/h6-7,10,17H,4-5,8-9,15H2,1-3H3,(H,16,19). The molecule has 1 amide bonds. The predicted octanol–water partition coefficient (Wildman–Crippen LogP) is 1.35. The topological polar surface area (TPSA) is 70.4 Å². The molecule has 1 aromatic carbocycles. The van der Waals surface area contributed by atoms with Gasteiger partial charge in [0.2, 0.25) is 0 Å². The molecule has 1 aromatic rings. The Morgan fingerprint density at radius 3 is 2.63 bits per heavy atom. The molecule has 0 aliphatic rings. The molecule has 1 rings (SSSR count). The van der Waals surface area contributed by atoms with Crippen LogP contribution in [0.25, 0.3) is 0 Å². The highest BCUT2D eigenvalue weighted by Gasteiger charge is 2.06. The quantitative estimate of drug-likeness (QED) is 0.395. The van der Waals surface area contributed by atoms with Gasteiger partial charge in [-0.2, -0.15) is 0 Å². The van der Waals surface area contributed by atoms with Gasteiger partial charge >= 0.3 is 0 Å². The molecule has 0 atom stereocenters. The van der Waals surface area contributed by atoms with E-state index in [0.29, 0.717) is 12.1 Å². The summed E-state index contributed by atoms with van der Waals surface area (Å²) >= 11 is 0. The minimum absolute atomic E-state index is 0.0310. The van der Waals surface area contributed by atoms with Crippen LogP contribution >= 0.6 is 0 Å². The lowest BCUT2D eigenvalue weighted by atomic mass is 10.1. The number of nitrogens with one attached hydrogen (secondary N) is 2. The highest BCUT2D eigenvalue weighted by Crippen LogP contribution is 2.15. The van der Waals surface area contributed by atoms with Crippen molar-refractivity contribution in [2.24, 2.45) is 5.84 Å². The number of aryl methyl sites for hydroxylation is 1. The van der Waals surface area contributed by atoms with Gasteiger partial charge in [0, 0.05) is 12.1 Å². The van der Waals surface area contributed by atoms with E-state index in [4.69, 9.17) is 5.84 Å².